The van der Waals surface area contributed by atoms with Gasteiger partial charge in [0.1, 0.15) is 13.6 Å². The molecule has 11 heteroatoms. The smallest absolute Gasteiger partial charge is 0.353 e. The molecule has 0 radical (unpaired) electrons. The van der Waals surface area contributed by atoms with Gasteiger partial charge in [-0.25, -0.2) is 0 Å². The number of piperidine rings is 1. The number of rotatable bonds is 7. The van der Waals surface area contributed by atoms with Crippen molar-refractivity contribution in [3.05, 3.63) is 64.7 Å². The summed E-state index contributed by atoms with van der Waals surface area (Å²) in [6, 6.07) is 10.3. The minimum Gasteiger partial charge on any atom is -0.490 e. The van der Waals surface area contributed by atoms with Gasteiger partial charge in [0.25, 0.3) is 11.8 Å². The Morgan fingerprint density at radius 1 is 1.22 bits per heavy atom. The Balaban J connectivity index is 1.47. The van der Waals surface area contributed by atoms with Crippen LogP contribution in [0.2, 0.25) is 0 Å². The average Bonchev–Trinajstić information content (AvgIpc) is 3.16. The van der Waals surface area contributed by atoms with E-state index in [9.17, 15) is 28.0 Å². The molecular formula is C25H26BF2N3O5. The molecule has 2 aliphatic heterocycles. The Morgan fingerprint density at radius 2 is 1.94 bits per heavy atom. The molecular weight excluding hydrogens is 471 g/mol. The summed E-state index contributed by atoms with van der Waals surface area (Å²) < 4.78 is 35.4. The zero-order valence-electron chi connectivity index (χ0n) is 20.2. The summed E-state index contributed by atoms with van der Waals surface area (Å²) >= 11 is 0. The van der Waals surface area contributed by atoms with Crippen LogP contribution in [0.1, 0.15) is 53.7 Å². The van der Waals surface area contributed by atoms with Crippen LogP contribution >= 0.6 is 0 Å². The van der Waals surface area contributed by atoms with E-state index >= 15 is 0 Å². The highest BCUT2D eigenvalue weighted by Crippen LogP contribution is 2.36. The van der Waals surface area contributed by atoms with Crippen LogP contribution in [-0.2, 0) is 33.4 Å². The van der Waals surface area contributed by atoms with E-state index in [2.05, 4.69) is 10.6 Å². The van der Waals surface area contributed by atoms with E-state index < -0.39 is 28.7 Å². The van der Waals surface area contributed by atoms with Gasteiger partial charge in [0.15, 0.2) is 0 Å². The van der Waals surface area contributed by atoms with Crippen LogP contribution in [0.25, 0.3) is 0 Å². The number of carbonyl (C=O) groups excluding carboxylic acids is 4. The van der Waals surface area contributed by atoms with Gasteiger partial charge in [0, 0.05) is 25.1 Å². The summed E-state index contributed by atoms with van der Waals surface area (Å²) in [5.41, 5.74) is -0.177. The van der Waals surface area contributed by atoms with Gasteiger partial charge in [-0.1, -0.05) is 24.3 Å². The summed E-state index contributed by atoms with van der Waals surface area (Å²) in [6.07, 6.45) is -0.0162. The second-order valence-electron chi connectivity index (χ2n) is 9.45. The Hall–Kier alpha value is -3.76. The van der Waals surface area contributed by atoms with Gasteiger partial charge in [-0.15, -0.1) is 0 Å². The van der Waals surface area contributed by atoms with E-state index in [0.717, 1.165) is 6.07 Å². The van der Waals surface area contributed by atoms with E-state index in [1.54, 1.807) is 46.0 Å². The highest BCUT2D eigenvalue weighted by atomic mass is 19.3. The minimum atomic E-state index is -3.82. The molecule has 4 amide bonds. The third kappa shape index (κ3) is 4.57. The van der Waals surface area contributed by atoms with Crippen molar-refractivity contribution in [1.29, 1.82) is 0 Å². The molecule has 1 unspecified atom stereocenters. The molecule has 1 atom stereocenters. The Labute approximate surface area is 207 Å². The topological polar surface area (TPSA) is 105 Å². The van der Waals surface area contributed by atoms with Crippen molar-refractivity contribution in [2.24, 2.45) is 0 Å². The van der Waals surface area contributed by atoms with Crippen molar-refractivity contribution < 1.29 is 32.7 Å². The maximum absolute atomic E-state index is 15.0. The molecule has 2 heterocycles. The number of nitrogens with zero attached hydrogens (tertiary/aromatic N) is 1. The highest BCUT2D eigenvalue weighted by Gasteiger charge is 2.48. The van der Waals surface area contributed by atoms with Gasteiger partial charge in [-0.3, -0.25) is 24.5 Å². The lowest BCUT2D eigenvalue weighted by atomic mass is 9.70. The number of ether oxygens (including phenoxy) is 1. The molecule has 2 aromatic rings. The second-order valence-corrected chi connectivity index (χ2v) is 9.45. The number of hydrogen-bond acceptors (Lipinski definition) is 5. The molecule has 8 nitrogen and oxygen atoms in total. The first-order chi connectivity index (χ1) is 16.9. The van der Waals surface area contributed by atoms with E-state index in [1.165, 1.54) is 17.0 Å². The third-order valence-corrected chi connectivity index (χ3v) is 6.48. The van der Waals surface area contributed by atoms with E-state index in [1.807, 2.05) is 0 Å². The van der Waals surface area contributed by atoms with Crippen LogP contribution in [0.15, 0.2) is 42.5 Å². The van der Waals surface area contributed by atoms with Crippen molar-refractivity contribution >= 4 is 31.5 Å². The first-order valence-corrected chi connectivity index (χ1v) is 11.6. The van der Waals surface area contributed by atoms with Gasteiger partial charge in [-0.05, 0) is 49.6 Å². The lowest BCUT2D eigenvalue weighted by Gasteiger charge is -2.39. The molecule has 188 valence electrons. The zero-order valence-corrected chi connectivity index (χ0v) is 20.2. The molecule has 0 aromatic heterocycles. The fourth-order valence-corrected chi connectivity index (χ4v) is 4.43. The molecule has 36 heavy (non-hydrogen) atoms. The first kappa shape index (κ1) is 25.3. The number of para-hydroxylation sites is 1. The molecule has 4 rings (SSSR count). The second kappa shape index (κ2) is 9.36. The number of imide groups is 1. The van der Waals surface area contributed by atoms with Crippen LogP contribution in [-0.4, -0.2) is 47.9 Å². The Kier molecular flexibility index (Phi) is 6.59. The van der Waals surface area contributed by atoms with E-state index in [-0.39, 0.29) is 49.6 Å². The number of carbonyl (C=O) groups is 4. The van der Waals surface area contributed by atoms with Crippen LogP contribution < -0.4 is 15.4 Å². The number of halogens is 2. The number of alkyl halides is 2. The number of fused-ring (bicyclic) bond motifs is 1. The Bertz CT molecular complexity index is 1250. The van der Waals surface area contributed by atoms with Gasteiger partial charge in [0.05, 0.1) is 17.1 Å². The van der Waals surface area contributed by atoms with Gasteiger partial charge in [0.2, 0.25) is 11.8 Å². The van der Waals surface area contributed by atoms with Crippen molar-refractivity contribution in [3.8, 4) is 5.75 Å². The van der Waals surface area contributed by atoms with Crippen LogP contribution in [0, 0.1) is 0 Å². The largest absolute Gasteiger partial charge is 0.490 e. The van der Waals surface area contributed by atoms with Gasteiger partial charge < -0.3 is 15.0 Å². The van der Waals surface area contributed by atoms with E-state index in [0.29, 0.717) is 16.7 Å². The van der Waals surface area contributed by atoms with Crippen LogP contribution in [0.4, 0.5) is 8.78 Å². The summed E-state index contributed by atoms with van der Waals surface area (Å²) in [4.78, 5) is 50.9. The van der Waals surface area contributed by atoms with E-state index in [4.69, 9.17) is 4.74 Å². The Morgan fingerprint density at radius 3 is 2.64 bits per heavy atom. The normalized spacial score (nSPS) is 19.8. The molecule has 0 saturated carbocycles. The van der Waals surface area contributed by atoms with Gasteiger partial charge in [-0.2, -0.15) is 8.78 Å². The van der Waals surface area contributed by atoms with Crippen molar-refractivity contribution in [2.45, 2.75) is 57.2 Å². The number of benzene rings is 2. The molecule has 0 spiro atoms. The molecule has 0 aliphatic carbocycles. The monoisotopic (exact) mass is 497 g/mol. The van der Waals surface area contributed by atoms with Crippen molar-refractivity contribution in [1.82, 2.24) is 15.5 Å². The summed E-state index contributed by atoms with van der Waals surface area (Å²) in [5, 5.41) is 4.55. The van der Waals surface area contributed by atoms with Crippen LogP contribution in [0.5, 0.6) is 5.75 Å². The maximum atomic E-state index is 15.0. The summed E-state index contributed by atoms with van der Waals surface area (Å²) in [5.74, 6) is -6.62. The molecule has 2 N–H and O–H groups in total. The zero-order chi connectivity index (χ0) is 26.3. The highest BCUT2D eigenvalue weighted by molar-refractivity contribution is 6.32. The van der Waals surface area contributed by atoms with Crippen molar-refractivity contribution in [2.75, 3.05) is 0 Å². The molecule has 0 bridgehead atoms. The summed E-state index contributed by atoms with van der Waals surface area (Å²) in [7, 11) is 1.61. The van der Waals surface area contributed by atoms with Gasteiger partial charge >= 0.3 is 5.92 Å². The lowest BCUT2D eigenvalue weighted by Crippen LogP contribution is -2.63. The number of hydrogen-bond donors (Lipinski definition) is 2. The summed E-state index contributed by atoms with van der Waals surface area (Å²) in [6.45, 7) is 3.35. The lowest BCUT2D eigenvalue weighted by molar-refractivity contribution is -0.147. The first-order valence-electron chi connectivity index (χ1n) is 11.6. The predicted octanol–water partition coefficient (Wildman–Crippen LogP) is 1.60. The number of amides is 4. The maximum Gasteiger partial charge on any atom is 0.353 e. The quantitative estimate of drug-likeness (QED) is 0.447. The fourth-order valence-electron chi connectivity index (χ4n) is 4.43. The fraction of sp³-hybridized carbons (Fsp3) is 0.360. The molecule has 1 fully saturated rings. The molecule has 2 aliphatic rings. The number of nitrogens with one attached hydrogen (secondary N) is 2. The predicted molar refractivity (Wildman–Crippen MR) is 128 cm³/mol. The van der Waals surface area contributed by atoms with Crippen LogP contribution in [0.3, 0.4) is 0 Å². The standard InChI is InChI=1S/C25H26BF2N3O5/c1-14(2)36-19-6-4-3-5-18(19)25(27,28)23(35)29-12-15-7-8-17-16(11-15)13-31(21(17)33)24(26)10-9-20(32)30-22(24)34/h3-8,11,14H,9-10,12-13,26H2,1-2H3,(H,29,35)(H,30,32,34). The third-order valence-electron chi connectivity index (χ3n) is 6.48. The average molecular weight is 497 g/mol. The van der Waals surface area contributed by atoms with Crippen molar-refractivity contribution in [3.63, 3.8) is 0 Å². The molecule has 2 aromatic carbocycles. The minimum absolute atomic E-state index is 0.0641. The molecule has 1 saturated heterocycles. The SMILES string of the molecule is BC1(N2Cc3cc(CNC(=O)C(F)(F)c4ccccc4OC(C)C)ccc3C2=O)CCC(=O)NC1=O.